The second-order valence-electron chi connectivity index (χ2n) is 13.2. The van der Waals surface area contributed by atoms with Crippen LogP contribution in [-0.4, -0.2) is 16.0 Å². The number of hydrogen-bond acceptors (Lipinski definition) is 3. The SMILES string of the molecule is CC(C)(C)c1cc(C(=O)c2cc(C(C)(C)C)cc(C(C)(C)C)c2O)c(O)c(C(C)(C)C)c1. The van der Waals surface area contributed by atoms with E-state index < -0.39 is 0 Å². The van der Waals surface area contributed by atoms with Gasteiger partial charge in [-0.2, -0.15) is 0 Å². The summed E-state index contributed by atoms with van der Waals surface area (Å²) in [6.45, 7) is 24.7. The number of ketones is 1. The molecular weight excluding hydrogens is 396 g/mol. The first kappa shape index (κ1) is 26.0. The second kappa shape index (κ2) is 7.93. The minimum absolute atomic E-state index is 0.00614. The molecule has 0 unspecified atom stereocenters. The molecule has 32 heavy (non-hydrogen) atoms. The van der Waals surface area contributed by atoms with Gasteiger partial charge in [-0.05, 0) is 44.9 Å². The van der Waals surface area contributed by atoms with Gasteiger partial charge in [0.2, 0.25) is 5.78 Å². The summed E-state index contributed by atoms with van der Waals surface area (Å²) in [6.07, 6.45) is 0. The molecule has 2 rings (SSSR count). The van der Waals surface area contributed by atoms with Crippen LogP contribution < -0.4 is 0 Å². The van der Waals surface area contributed by atoms with Crippen LogP contribution in [0.15, 0.2) is 24.3 Å². The standard InChI is InChI=1S/C29H42O3/c1-26(2,3)17-13-19(24(31)21(15-17)28(7,8)9)23(30)20-14-18(27(4,5)6)16-22(25(20)32)29(10,11)12/h13-16,31-32H,1-12H3. The second-order valence-corrected chi connectivity index (χ2v) is 13.2. The van der Waals surface area contributed by atoms with Crippen molar-refractivity contribution in [3.63, 3.8) is 0 Å². The molecule has 0 aliphatic rings. The molecule has 176 valence electrons. The van der Waals surface area contributed by atoms with E-state index in [1.807, 2.05) is 53.7 Å². The van der Waals surface area contributed by atoms with E-state index in [4.69, 9.17) is 0 Å². The van der Waals surface area contributed by atoms with Crippen molar-refractivity contribution in [1.82, 2.24) is 0 Å². The van der Waals surface area contributed by atoms with Crippen LogP contribution >= 0.6 is 0 Å². The van der Waals surface area contributed by atoms with Crippen LogP contribution in [0.5, 0.6) is 11.5 Å². The minimum Gasteiger partial charge on any atom is -0.507 e. The maximum atomic E-state index is 13.9. The van der Waals surface area contributed by atoms with Crippen molar-refractivity contribution in [1.29, 1.82) is 0 Å². The van der Waals surface area contributed by atoms with E-state index in [9.17, 15) is 15.0 Å². The molecule has 0 heterocycles. The first-order valence-corrected chi connectivity index (χ1v) is 11.5. The third-order valence-electron chi connectivity index (χ3n) is 6.06. The lowest BCUT2D eigenvalue weighted by atomic mass is 9.76. The van der Waals surface area contributed by atoms with E-state index in [0.717, 1.165) is 22.3 Å². The summed E-state index contributed by atoms with van der Waals surface area (Å²) in [5.41, 5.74) is 2.82. The first-order valence-electron chi connectivity index (χ1n) is 11.5. The lowest BCUT2D eigenvalue weighted by Gasteiger charge is -2.29. The molecule has 0 amide bonds. The van der Waals surface area contributed by atoms with Crippen molar-refractivity contribution in [2.45, 2.75) is 105 Å². The van der Waals surface area contributed by atoms with Crippen LogP contribution in [0, 0.1) is 0 Å². The van der Waals surface area contributed by atoms with Crippen molar-refractivity contribution >= 4 is 5.78 Å². The van der Waals surface area contributed by atoms with Gasteiger partial charge in [0.25, 0.3) is 0 Å². The number of carbonyl (C=O) groups is 1. The molecule has 0 fully saturated rings. The molecule has 3 heteroatoms. The van der Waals surface area contributed by atoms with Gasteiger partial charge in [0.05, 0.1) is 11.1 Å². The molecule has 0 saturated carbocycles. The highest BCUT2D eigenvalue weighted by Crippen LogP contribution is 2.42. The van der Waals surface area contributed by atoms with Crippen LogP contribution in [0.3, 0.4) is 0 Å². The fraction of sp³-hybridized carbons (Fsp3) is 0.552. The van der Waals surface area contributed by atoms with Crippen molar-refractivity contribution in [2.75, 3.05) is 0 Å². The van der Waals surface area contributed by atoms with Gasteiger partial charge in [0.15, 0.2) is 0 Å². The van der Waals surface area contributed by atoms with E-state index >= 15 is 0 Å². The highest BCUT2D eigenvalue weighted by atomic mass is 16.3. The van der Waals surface area contributed by atoms with Crippen LogP contribution in [0.1, 0.15) is 121 Å². The van der Waals surface area contributed by atoms with E-state index in [0.29, 0.717) is 0 Å². The van der Waals surface area contributed by atoms with E-state index in [2.05, 4.69) is 41.5 Å². The molecule has 0 radical (unpaired) electrons. The van der Waals surface area contributed by atoms with Crippen molar-refractivity contribution in [2.24, 2.45) is 0 Å². The maximum Gasteiger partial charge on any atom is 0.200 e. The van der Waals surface area contributed by atoms with Crippen LogP contribution in [0.25, 0.3) is 0 Å². The normalized spacial score (nSPS) is 13.4. The highest BCUT2D eigenvalue weighted by molar-refractivity contribution is 6.13. The Bertz CT molecular complexity index is 947. The van der Waals surface area contributed by atoms with Gasteiger partial charge in [0.1, 0.15) is 11.5 Å². The summed E-state index contributed by atoms with van der Waals surface area (Å²) < 4.78 is 0. The molecule has 0 spiro atoms. The zero-order valence-corrected chi connectivity index (χ0v) is 22.1. The number of benzene rings is 2. The number of aromatic hydroxyl groups is 2. The lowest BCUT2D eigenvalue weighted by Crippen LogP contribution is -2.20. The highest BCUT2D eigenvalue weighted by Gasteiger charge is 2.31. The molecule has 2 aromatic rings. The molecular formula is C29H42O3. The third kappa shape index (κ3) is 5.19. The number of phenolic OH excluding ortho intramolecular Hbond substituents is 2. The van der Waals surface area contributed by atoms with Gasteiger partial charge in [0, 0.05) is 11.1 Å². The Hall–Kier alpha value is -2.29. The molecule has 3 nitrogen and oxygen atoms in total. The summed E-state index contributed by atoms with van der Waals surface area (Å²) in [7, 11) is 0. The van der Waals surface area contributed by atoms with Gasteiger partial charge in [-0.1, -0.05) is 95.2 Å². The summed E-state index contributed by atoms with van der Waals surface area (Å²) in [5.74, 6) is -0.366. The predicted molar refractivity (Wildman–Crippen MR) is 134 cm³/mol. The van der Waals surface area contributed by atoms with Gasteiger partial charge in [-0.3, -0.25) is 4.79 Å². The van der Waals surface area contributed by atoms with E-state index in [1.165, 1.54) is 0 Å². The van der Waals surface area contributed by atoms with Crippen molar-refractivity contribution in [3.05, 3.63) is 57.6 Å². The van der Waals surface area contributed by atoms with Gasteiger partial charge in [-0.15, -0.1) is 0 Å². The molecule has 2 aromatic carbocycles. The van der Waals surface area contributed by atoms with E-state index in [-0.39, 0.29) is 50.1 Å². The van der Waals surface area contributed by atoms with E-state index in [1.54, 1.807) is 12.1 Å². The molecule has 0 atom stereocenters. The van der Waals surface area contributed by atoms with Gasteiger partial charge < -0.3 is 10.2 Å². The Morgan fingerprint density at radius 3 is 1.03 bits per heavy atom. The molecule has 0 aliphatic heterocycles. The third-order valence-corrected chi connectivity index (χ3v) is 6.06. The number of hydrogen-bond donors (Lipinski definition) is 2. The largest absolute Gasteiger partial charge is 0.507 e. The monoisotopic (exact) mass is 438 g/mol. The summed E-state index contributed by atoms with van der Waals surface area (Å²) in [6, 6.07) is 7.57. The molecule has 2 N–H and O–H groups in total. The number of rotatable bonds is 2. The van der Waals surface area contributed by atoms with Gasteiger partial charge in [-0.25, -0.2) is 0 Å². The Kier molecular flexibility index (Phi) is 6.44. The zero-order chi connectivity index (χ0) is 25.0. The molecule has 0 aliphatic carbocycles. The number of phenols is 2. The quantitative estimate of drug-likeness (QED) is 0.477. The zero-order valence-electron chi connectivity index (χ0n) is 22.1. The van der Waals surface area contributed by atoms with Gasteiger partial charge >= 0.3 is 0 Å². The molecule has 0 aromatic heterocycles. The smallest absolute Gasteiger partial charge is 0.200 e. The summed E-state index contributed by atoms with van der Waals surface area (Å²) in [5, 5.41) is 22.4. The predicted octanol–water partition coefficient (Wildman–Crippen LogP) is 7.52. The minimum atomic E-state index is -0.354. The molecule has 0 bridgehead atoms. The topological polar surface area (TPSA) is 57.5 Å². The van der Waals surface area contributed by atoms with Crippen LogP contribution in [0.4, 0.5) is 0 Å². The first-order chi connectivity index (χ1) is 14.2. The Morgan fingerprint density at radius 2 is 0.812 bits per heavy atom. The Labute approximate surface area is 194 Å². The maximum absolute atomic E-state index is 13.9. The fourth-order valence-electron chi connectivity index (χ4n) is 3.77. The number of carbonyl (C=O) groups excluding carboxylic acids is 1. The Morgan fingerprint density at radius 1 is 0.531 bits per heavy atom. The average molecular weight is 439 g/mol. The average Bonchev–Trinajstić information content (AvgIpc) is 2.57. The van der Waals surface area contributed by atoms with Crippen LogP contribution in [-0.2, 0) is 21.7 Å². The summed E-state index contributed by atoms with van der Waals surface area (Å²) in [4.78, 5) is 13.9. The van der Waals surface area contributed by atoms with Crippen molar-refractivity contribution in [3.8, 4) is 11.5 Å². The van der Waals surface area contributed by atoms with Crippen LogP contribution in [0.2, 0.25) is 0 Å². The Balaban J connectivity index is 2.91. The fourth-order valence-corrected chi connectivity index (χ4v) is 3.77. The lowest BCUT2D eigenvalue weighted by molar-refractivity contribution is 0.103. The molecule has 0 saturated heterocycles. The van der Waals surface area contributed by atoms with Crippen molar-refractivity contribution < 1.29 is 15.0 Å². The summed E-state index contributed by atoms with van der Waals surface area (Å²) >= 11 is 0.